The van der Waals surface area contributed by atoms with Gasteiger partial charge in [0.15, 0.2) is 0 Å². The highest BCUT2D eigenvalue weighted by molar-refractivity contribution is 5.87. The zero-order valence-corrected chi connectivity index (χ0v) is 9.13. The number of hydrogen-bond acceptors (Lipinski definition) is 2. The van der Waals surface area contributed by atoms with Crippen LogP contribution in [0, 0.1) is 0 Å². The average molecular weight is 217 g/mol. The summed E-state index contributed by atoms with van der Waals surface area (Å²) in [5.74, 6) is -0.0239. The molecule has 1 amide bonds. The Morgan fingerprint density at radius 1 is 1.44 bits per heavy atom. The number of nitrogens with zero attached hydrogens (tertiary/aromatic N) is 1. The van der Waals surface area contributed by atoms with E-state index in [4.69, 9.17) is 4.74 Å². The summed E-state index contributed by atoms with van der Waals surface area (Å²) in [6, 6.07) is 9.97. The van der Waals surface area contributed by atoms with E-state index in [1.165, 1.54) is 6.08 Å². The summed E-state index contributed by atoms with van der Waals surface area (Å²) in [5.41, 5.74) is 1.11. The van der Waals surface area contributed by atoms with Crippen molar-refractivity contribution in [3.63, 3.8) is 0 Å². The third-order valence-corrected chi connectivity index (χ3v) is 2.72. The van der Waals surface area contributed by atoms with Gasteiger partial charge < -0.3 is 9.64 Å². The number of carbonyl (C=O) groups excluding carboxylic acids is 1. The molecule has 1 aromatic carbocycles. The standard InChI is InChI=1S/C13H15NO2/c1-2-13(15)14-8-9-16-12(10-14)11-6-4-3-5-7-11/h2-7,12H,1,8-10H2. The number of hydrogen-bond donors (Lipinski definition) is 0. The average Bonchev–Trinajstić information content (AvgIpc) is 2.39. The zero-order valence-electron chi connectivity index (χ0n) is 9.13. The van der Waals surface area contributed by atoms with Crippen molar-refractivity contribution in [3.05, 3.63) is 48.6 Å². The first kappa shape index (κ1) is 10.9. The van der Waals surface area contributed by atoms with Crippen LogP contribution in [0.15, 0.2) is 43.0 Å². The third-order valence-electron chi connectivity index (χ3n) is 2.72. The number of amides is 1. The van der Waals surface area contributed by atoms with E-state index in [-0.39, 0.29) is 12.0 Å². The second-order valence-electron chi connectivity index (χ2n) is 3.76. The number of ether oxygens (including phenoxy) is 1. The van der Waals surface area contributed by atoms with Crippen LogP contribution in [-0.4, -0.2) is 30.5 Å². The smallest absolute Gasteiger partial charge is 0.246 e. The maximum absolute atomic E-state index is 11.5. The number of carbonyl (C=O) groups is 1. The summed E-state index contributed by atoms with van der Waals surface area (Å²) >= 11 is 0. The van der Waals surface area contributed by atoms with Gasteiger partial charge in [0, 0.05) is 6.54 Å². The van der Waals surface area contributed by atoms with Crippen LogP contribution in [-0.2, 0) is 9.53 Å². The van der Waals surface area contributed by atoms with Crippen LogP contribution < -0.4 is 0 Å². The van der Waals surface area contributed by atoms with Crippen molar-refractivity contribution in [3.8, 4) is 0 Å². The van der Waals surface area contributed by atoms with Gasteiger partial charge >= 0.3 is 0 Å². The zero-order chi connectivity index (χ0) is 11.4. The number of benzene rings is 1. The Labute approximate surface area is 95.3 Å². The van der Waals surface area contributed by atoms with Crippen LogP contribution in [0.25, 0.3) is 0 Å². The van der Waals surface area contributed by atoms with Gasteiger partial charge in [-0.25, -0.2) is 0 Å². The van der Waals surface area contributed by atoms with Crippen LogP contribution in [0.3, 0.4) is 0 Å². The second-order valence-corrected chi connectivity index (χ2v) is 3.76. The molecule has 1 atom stereocenters. The fourth-order valence-corrected chi connectivity index (χ4v) is 1.85. The topological polar surface area (TPSA) is 29.5 Å². The molecule has 1 aliphatic rings. The molecule has 1 aromatic rings. The molecule has 1 unspecified atom stereocenters. The summed E-state index contributed by atoms with van der Waals surface area (Å²) in [6.07, 6.45) is 1.34. The lowest BCUT2D eigenvalue weighted by Crippen LogP contribution is -2.41. The summed E-state index contributed by atoms with van der Waals surface area (Å²) in [4.78, 5) is 13.3. The Morgan fingerprint density at radius 3 is 2.88 bits per heavy atom. The molecule has 0 aliphatic carbocycles. The van der Waals surface area contributed by atoms with Crippen molar-refractivity contribution in [2.24, 2.45) is 0 Å². The predicted octanol–water partition coefficient (Wildman–Crippen LogP) is 1.77. The monoisotopic (exact) mass is 217 g/mol. The first-order valence-corrected chi connectivity index (χ1v) is 5.39. The van der Waals surface area contributed by atoms with Gasteiger partial charge in [0.05, 0.1) is 13.2 Å². The first-order valence-electron chi connectivity index (χ1n) is 5.39. The lowest BCUT2D eigenvalue weighted by Gasteiger charge is -2.32. The molecule has 0 spiro atoms. The van der Waals surface area contributed by atoms with Crippen molar-refractivity contribution >= 4 is 5.91 Å². The van der Waals surface area contributed by atoms with E-state index in [0.29, 0.717) is 19.7 Å². The molecule has 1 heterocycles. The van der Waals surface area contributed by atoms with Crippen LogP contribution >= 0.6 is 0 Å². The molecule has 16 heavy (non-hydrogen) atoms. The molecule has 0 N–H and O–H groups in total. The van der Waals surface area contributed by atoms with Crippen molar-refractivity contribution in [1.29, 1.82) is 0 Å². The molecule has 0 aromatic heterocycles. The molecule has 2 rings (SSSR count). The van der Waals surface area contributed by atoms with Gasteiger partial charge in [0.25, 0.3) is 0 Å². The molecular weight excluding hydrogens is 202 g/mol. The normalized spacial score (nSPS) is 20.5. The highest BCUT2D eigenvalue weighted by Gasteiger charge is 2.23. The SMILES string of the molecule is C=CC(=O)N1CCOC(c2ccccc2)C1. The molecule has 0 radical (unpaired) electrons. The van der Waals surface area contributed by atoms with Gasteiger partial charge in [0.2, 0.25) is 5.91 Å². The van der Waals surface area contributed by atoms with Gasteiger partial charge in [0.1, 0.15) is 6.10 Å². The molecule has 0 saturated carbocycles. The van der Waals surface area contributed by atoms with Crippen molar-refractivity contribution in [2.45, 2.75) is 6.10 Å². The Balaban J connectivity index is 2.07. The minimum Gasteiger partial charge on any atom is -0.370 e. The van der Waals surface area contributed by atoms with E-state index in [1.807, 2.05) is 30.3 Å². The summed E-state index contributed by atoms with van der Waals surface area (Å²) < 4.78 is 5.66. The first-order chi connectivity index (χ1) is 7.81. The van der Waals surface area contributed by atoms with Crippen LogP contribution in [0.2, 0.25) is 0 Å². The Kier molecular flexibility index (Phi) is 3.37. The molecule has 1 fully saturated rings. The molecule has 0 bridgehead atoms. The van der Waals surface area contributed by atoms with E-state index in [0.717, 1.165) is 5.56 Å². The maximum Gasteiger partial charge on any atom is 0.246 e. The molecule has 3 nitrogen and oxygen atoms in total. The molecule has 84 valence electrons. The predicted molar refractivity (Wildman–Crippen MR) is 61.9 cm³/mol. The molecule has 3 heteroatoms. The van der Waals surface area contributed by atoms with E-state index in [9.17, 15) is 4.79 Å². The number of morpholine rings is 1. The van der Waals surface area contributed by atoms with E-state index in [2.05, 4.69) is 6.58 Å². The fourth-order valence-electron chi connectivity index (χ4n) is 1.85. The summed E-state index contributed by atoms with van der Waals surface area (Å²) in [5, 5.41) is 0. The Hall–Kier alpha value is -1.61. The highest BCUT2D eigenvalue weighted by atomic mass is 16.5. The largest absolute Gasteiger partial charge is 0.370 e. The van der Waals surface area contributed by atoms with Gasteiger partial charge in [-0.15, -0.1) is 0 Å². The van der Waals surface area contributed by atoms with E-state index in [1.54, 1.807) is 4.90 Å². The quantitative estimate of drug-likeness (QED) is 0.707. The lowest BCUT2D eigenvalue weighted by molar-refractivity contribution is -0.133. The van der Waals surface area contributed by atoms with Crippen molar-refractivity contribution < 1.29 is 9.53 Å². The van der Waals surface area contributed by atoms with Gasteiger partial charge in [-0.3, -0.25) is 4.79 Å². The maximum atomic E-state index is 11.5. The Morgan fingerprint density at radius 2 is 2.19 bits per heavy atom. The molecule has 1 saturated heterocycles. The minimum atomic E-state index is -0.0239. The highest BCUT2D eigenvalue weighted by Crippen LogP contribution is 2.21. The van der Waals surface area contributed by atoms with Gasteiger partial charge in [-0.05, 0) is 11.6 Å². The van der Waals surface area contributed by atoms with Gasteiger partial charge in [-0.1, -0.05) is 36.9 Å². The van der Waals surface area contributed by atoms with E-state index < -0.39 is 0 Å². The molecular formula is C13H15NO2. The molecule has 1 aliphatic heterocycles. The fraction of sp³-hybridized carbons (Fsp3) is 0.308. The van der Waals surface area contributed by atoms with Gasteiger partial charge in [-0.2, -0.15) is 0 Å². The van der Waals surface area contributed by atoms with Crippen LogP contribution in [0.5, 0.6) is 0 Å². The van der Waals surface area contributed by atoms with Crippen molar-refractivity contribution in [1.82, 2.24) is 4.90 Å². The minimum absolute atomic E-state index is 0.0150. The van der Waals surface area contributed by atoms with Crippen molar-refractivity contribution in [2.75, 3.05) is 19.7 Å². The van der Waals surface area contributed by atoms with Crippen LogP contribution in [0.1, 0.15) is 11.7 Å². The second kappa shape index (κ2) is 4.94. The van der Waals surface area contributed by atoms with Crippen LogP contribution in [0.4, 0.5) is 0 Å². The Bertz CT molecular complexity index is 375. The summed E-state index contributed by atoms with van der Waals surface area (Å²) in [7, 11) is 0. The lowest BCUT2D eigenvalue weighted by atomic mass is 10.1. The van der Waals surface area contributed by atoms with E-state index >= 15 is 0 Å². The third kappa shape index (κ3) is 2.31. The summed E-state index contributed by atoms with van der Waals surface area (Å²) in [6.45, 7) is 5.34. The number of rotatable bonds is 2.